The summed E-state index contributed by atoms with van der Waals surface area (Å²) in [5, 5.41) is 9.32. The Hall–Kier alpha value is -3.69. The highest BCUT2D eigenvalue weighted by atomic mass is 19.4. The van der Waals surface area contributed by atoms with E-state index in [0.29, 0.717) is 23.4 Å². The summed E-state index contributed by atoms with van der Waals surface area (Å²) < 4.78 is 42.8. The zero-order valence-corrected chi connectivity index (χ0v) is 19.3. The van der Waals surface area contributed by atoms with Gasteiger partial charge in [0.1, 0.15) is 0 Å². The molecule has 0 radical (unpaired) electrons. The van der Waals surface area contributed by atoms with Gasteiger partial charge >= 0.3 is 6.18 Å². The van der Waals surface area contributed by atoms with Crippen LogP contribution >= 0.6 is 0 Å². The SMILES string of the molecule is Cn1nc(C(F)(F)F)cc1-c1c2c(nn1C)[C@@H]1CCC[C@H](C2)N1C(=O)c1ccc2ncccc2c1. The van der Waals surface area contributed by atoms with Crippen LogP contribution in [0.2, 0.25) is 0 Å². The molecule has 1 aromatic carbocycles. The van der Waals surface area contributed by atoms with Crippen LogP contribution in [0.1, 0.15) is 52.6 Å². The molecule has 35 heavy (non-hydrogen) atoms. The van der Waals surface area contributed by atoms with E-state index in [1.54, 1.807) is 24.0 Å². The number of halogens is 3. The molecule has 0 N–H and O–H groups in total. The highest BCUT2D eigenvalue weighted by Crippen LogP contribution is 2.45. The number of aryl methyl sites for hydroxylation is 2. The zero-order chi connectivity index (χ0) is 24.5. The summed E-state index contributed by atoms with van der Waals surface area (Å²) in [5.41, 5.74) is 3.18. The maximum absolute atomic E-state index is 13.7. The fourth-order valence-corrected chi connectivity index (χ4v) is 5.65. The van der Waals surface area contributed by atoms with Crippen LogP contribution in [0, 0.1) is 0 Å². The van der Waals surface area contributed by atoms with E-state index in [2.05, 4.69) is 10.1 Å². The molecule has 1 saturated heterocycles. The summed E-state index contributed by atoms with van der Waals surface area (Å²) in [6, 6.07) is 10.1. The topological polar surface area (TPSA) is 68.8 Å². The Labute approximate surface area is 199 Å². The minimum Gasteiger partial charge on any atom is -0.327 e. The van der Waals surface area contributed by atoms with E-state index >= 15 is 0 Å². The molecule has 4 aromatic rings. The molecule has 180 valence electrons. The largest absolute Gasteiger partial charge is 0.435 e. The van der Waals surface area contributed by atoms with Crippen LogP contribution in [0.15, 0.2) is 42.6 Å². The second kappa shape index (κ2) is 7.66. The van der Waals surface area contributed by atoms with Crippen molar-refractivity contribution in [2.45, 2.75) is 43.9 Å². The molecule has 0 spiro atoms. The van der Waals surface area contributed by atoms with Gasteiger partial charge in [-0.1, -0.05) is 6.07 Å². The number of hydrogen-bond acceptors (Lipinski definition) is 4. The van der Waals surface area contributed by atoms with Gasteiger partial charge < -0.3 is 4.90 Å². The molecule has 6 rings (SSSR count). The average Bonchev–Trinajstić information content (AvgIpc) is 3.36. The average molecular weight is 480 g/mol. The zero-order valence-electron chi connectivity index (χ0n) is 19.3. The lowest BCUT2D eigenvalue weighted by Gasteiger charge is -2.45. The van der Waals surface area contributed by atoms with Crippen LogP contribution in [-0.4, -0.2) is 41.4 Å². The molecule has 3 aromatic heterocycles. The van der Waals surface area contributed by atoms with E-state index in [1.807, 2.05) is 29.2 Å². The normalized spacial score (nSPS) is 19.7. The van der Waals surface area contributed by atoms with Crippen LogP contribution in [0.4, 0.5) is 13.2 Å². The van der Waals surface area contributed by atoms with Gasteiger partial charge in [-0.25, -0.2) is 0 Å². The Morgan fingerprint density at radius 2 is 1.89 bits per heavy atom. The maximum Gasteiger partial charge on any atom is 0.435 e. The van der Waals surface area contributed by atoms with Crippen molar-refractivity contribution in [2.75, 3.05) is 0 Å². The molecular formula is C25H23F3N6O. The quantitative estimate of drug-likeness (QED) is 0.418. The Morgan fingerprint density at radius 3 is 2.66 bits per heavy atom. The molecule has 2 atom stereocenters. The van der Waals surface area contributed by atoms with Crippen LogP contribution in [0.3, 0.4) is 0 Å². The Morgan fingerprint density at radius 1 is 1.06 bits per heavy atom. The summed E-state index contributed by atoms with van der Waals surface area (Å²) in [4.78, 5) is 20.0. The summed E-state index contributed by atoms with van der Waals surface area (Å²) in [7, 11) is 3.25. The standard InChI is InChI=1S/C25H23F3N6O/c1-32-20(13-21(30-32)25(26,27)28)23-17-12-16-6-3-7-19(22(17)31-33(23)2)34(16)24(35)15-8-9-18-14(11-15)5-4-10-29-18/h4-5,8-11,13,16,19H,3,6-7,12H2,1-2H3/t16-,19+/m1/s1. The van der Waals surface area contributed by atoms with E-state index in [9.17, 15) is 18.0 Å². The first-order chi connectivity index (χ1) is 16.7. The van der Waals surface area contributed by atoms with Gasteiger partial charge in [-0.3, -0.25) is 19.1 Å². The molecule has 10 heteroatoms. The number of fused-ring (bicyclic) bond motifs is 5. The van der Waals surface area contributed by atoms with E-state index < -0.39 is 11.9 Å². The molecule has 2 aliphatic heterocycles. The lowest BCUT2D eigenvalue weighted by molar-refractivity contribution is -0.141. The van der Waals surface area contributed by atoms with Gasteiger partial charge in [-0.15, -0.1) is 0 Å². The van der Waals surface area contributed by atoms with Crippen LogP contribution in [0.5, 0.6) is 0 Å². The third-order valence-electron chi connectivity index (χ3n) is 7.17. The Bertz CT molecular complexity index is 1470. The van der Waals surface area contributed by atoms with Gasteiger partial charge in [0.15, 0.2) is 5.69 Å². The predicted molar refractivity (Wildman–Crippen MR) is 122 cm³/mol. The van der Waals surface area contributed by atoms with E-state index in [-0.39, 0.29) is 18.0 Å². The lowest BCUT2D eigenvalue weighted by Crippen LogP contribution is -2.49. The van der Waals surface area contributed by atoms with Crippen LogP contribution < -0.4 is 0 Å². The molecule has 0 saturated carbocycles. The highest BCUT2D eigenvalue weighted by molar-refractivity contribution is 5.98. The predicted octanol–water partition coefficient (Wildman–Crippen LogP) is 4.68. The van der Waals surface area contributed by atoms with Crippen molar-refractivity contribution in [3.05, 3.63) is 65.1 Å². The van der Waals surface area contributed by atoms with Crippen molar-refractivity contribution < 1.29 is 18.0 Å². The molecule has 2 aliphatic rings. The number of amides is 1. The number of hydrogen-bond donors (Lipinski definition) is 0. The number of alkyl halides is 3. The van der Waals surface area contributed by atoms with Crippen LogP contribution in [-0.2, 0) is 26.7 Å². The number of carbonyl (C=O) groups is 1. The van der Waals surface area contributed by atoms with Crippen molar-refractivity contribution in [1.29, 1.82) is 0 Å². The summed E-state index contributed by atoms with van der Waals surface area (Å²) in [6.07, 6.45) is 0.311. The number of carbonyl (C=O) groups excluding carboxylic acids is 1. The van der Waals surface area contributed by atoms with Crippen molar-refractivity contribution in [3.8, 4) is 11.4 Å². The lowest BCUT2D eigenvalue weighted by atomic mass is 9.81. The summed E-state index contributed by atoms with van der Waals surface area (Å²) in [6.45, 7) is 0. The first-order valence-electron chi connectivity index (χ1n) is 11.6. The van der Waals surface area contributed by atoms with Gasteiger partial charge in [0.05, 0.1) is 28.6 Å². The third kappa shape index (κ3) is 3.42. The van der Waals surface area contributed by atoms with Crippen molar-refractivity contribution in [2.24, 2.45) is 14.1 Å². The van der Waals surface area contributed by atoms with Gasteiger partial charge in [-0.2, -0.15) is 23.4 Å². The number of pyridine rings is 1. The number of benzene rings is 1. The number of nitrogens with zero attached hydrogens (tertiary/aromatic N) is 6. The van der Waals surface area contributed by atoms with Gasteiger partial charge in [0, 0.05) is 42.8 Å². The van der Waals surface area contributed by atoms with Gasteiger partial charge in [0.25, 0.3) is 5.91 Å². The minimum atomic E-state index is -4.52. The fourth-order valence-electron chi connectivity index (χ4n) is 5.65. The second-order valence-corrected chi connectivity index (χ2v) is 9.30. The van der Waals surface area contributed by atoms with E-state index in [0.717, 1.165) is 47.5 Å². The summed E-state index contributed by atoms with van der Waals surface area (Å²) >= 11 is 0. The number of aromatic nitrogens is 5. The van der Waals surface area contributed by atoms with Crippen LogP contribution in [0.25, 0.3) is 22.3 Å². The first-order valence-corrected chi connectivity index (χ1v) is 11.6. The molecule has 5 heterocycles. The molecule has 7 nitrogen and oxygen atoms in total. The monoisotopic (exact) mass is 480 g/mol. The fraction of sp³-hybridized carbons (Fsp3) is 0.360. The molecule has 0 aliphatic carbocycles. The van der Waals surface area contributed by atoms with E-state index in [1.165, 1.54) is 11.7 Å². The minimum absolute atomic E-state index is 0.0448. The number of piperidine rings is 1. The van der Waals surface area contributed by atoms with Crippen molar-refractivity contribution in [3.63, 3.8) is 0 Å². The molecule has 2 bridgehead atoms. The smallest absolute Gasteiger partial charge is 0.327 e. The Balaban J connectivity index is 1.41. The first kappa shape index (κ1) is 21.8. The van der Waals surface area contributed by atoms with Gasteiger partial charge in [-0.05, 0) is 56.0 Å². The second-order valence-electron chi connectivity index (χ2n) is 9.30. The summed E-state index contributed by atoms with van der Waals surface area (Å²) in [5.74, 6) is -0.0526. The van der Waals surface area contributed by atoms with E-state index in [4.69, 9.17) is 5.10 Å². The third-order valence-corrected chi connectivity index (χ3v) is 7.17. The molecule has 1 fully saturated rings. The molecule has 1 amide bonds. The molecule has 0 unspecified atom stereocenters. The highest BCUT2D eigenvalue weighted by Gasteiger charge is 2.44. The van der Waals surface area contributed by atoms with Crippen molar-refractivity contribution >= 4 is 16.8 Å². The Kier molecular flexibility index (Phi) is 4.77. The van der Waals surface area contributed by atoms with Gasteiger partial charge in [0.2, 0.25) is 0 Å². The van der Waals surface area contributed by atoms with Crippen molar-refractivity contribution in [1.82, 2.24) is 29.4 Å². The molecular weight excluding hydrogens is 457 g/mol. The maximum atomic E-state index is 13.7. The number of rotatable bonds is 2.